The predicted octanol–water partition coefficient (Wildman–Crippen LogP) is 4.18. The molecule has 0 spiro atoms. The first-order chi connectivity index (χ1) is 12.9. The summed E-state index contributed by atoms with van der Waals surface area (Å²) in [6.07, 6.45) is 0.471. The molecule has 2 rings (SSSR count). The van der Waals surface area contributed by atoms with E-state index in [1.54, 1.807) is 12.1 Å². The van der Waals surface area contributed by atoms with Crippen molar-refractivity contribution in [2.45, 2.75) is 24.7 Å². The number of halogens is 1. The molecule has 0 bridgehead atoms. The number of hydrogen-bond donors (Lipinski definition) is 1. The van der Waals surface area contributed by atoms with Crippen molar-refractivity contribution in [3.05, 3.63) is 52.5 Å². The van der Waals surface area contributed by atoms with Crippen LogP contribution in [0.15, 0.2) is 51.8 Å². The highest BCUT2D eigenvalue weighted by Gasteiger charge is 2.16. The van der Waals surface area contributed by atoms with E-state index < -0.39 is 9.84 Å². The second-order valence-corrected chi connectivity index (χ2v) is 8.66. The quantitative estimate of drug-likeness (QED) is 0.608. The maximum atomic E-state index is 12.5. The molecular formula is C19H19BrN2O4S. The highest BCUT2D eigenvalue weighted by atomic mass is 79.9. The lowest BCUT2D eigenvalue weighted by molar-refractivity contribution is 0.102. The van der Waals surface area contributed by atoms with Gasteiger partial charge in [-0.1, -0.05) is 15.9 Å². The Morgan fingerprint density at radius 2 is 1.93 bits per heavy atom. The van der Waals surface area contributed by atoms with Gasteiger partial charge in [-0.05, 0) is 55.8 Å². The van der Waals surface area contributed by atoms with E-state index in [0.717, 1.165) is 4.47 Å². The first-order valence-corrected chi connectivity index (χ1v) is 10.8. The van der Waals surface area contributed by atoms with Gasteiger partial charge in [0.15, 0.2) is 9.84 Å². The van der Waals surface area contributed by atoms with Gasteiger partial charge in [0, 0.05) is 16.5 Å². The number of hydrogen-bond acceptors (Lipinski definition) is 5. The van der Waals surface area contributed by atoms with Crippen LogP contribution in [-0.4, -0.2) is 26.7 Å². The Bertz CT molecular complexity index is 951. The third-order valence-electron chi connectivity index (χ3n) is 3.67. The molecule has 0 fully saturated rings. The zero-order valence-electron chi connectivity index (χ0n) is 14.7. The fourth-order valence-corrected chi connectivity index (χ4v) is 4.02. The minimum absolute atomic E-state index is 0.0954. The molecule has 2 aromatic rings. The van der Waals surface area contributed by atoms with Gasteiger partial charge in [-0.2, -0.15) is 5.26 Å². The number of nitrogens with one attached hydrogen (secondary N) is 1. The lowest BCUT2D eigenvalue weighted by Crippen LogP contribution is -2.13. The smallest absolute Gasteiger partial charge is 0.255 e. The Balaban J connectivity index is 2.15. The van der Waals surface area contributed by atoms with Crippen LogP contribution >= 0.6 is 15.9 Å². The Kier molecular flexibility index (Phi) is 7.39. The van der Waals surface area contributed by atoms with E-state index in [9.17, 15) is 13.2 Å². The number of carbonyl (C=O) groups is 1. The van der Waals surface area contributed by atoms with Gasteiger partial charge in [0.05, 0.1) is 29.0 Å². The van der Waals surface area contributed by atoms with E-state index in [1.165, 1.54) is 24.3 Å². The zero-order chi connectivity index (χ0) is 19.9. The van der Waals surface area contributed by atoms with Gasteiger partial charge in [0.1, 0.15) is 5.75 Å². The molecule has 8 heteroatoms. The average molecular weight is 451 g/mol. The lowest BCUT2D eigenvalue weighted by Gasteiger charge is -2.12. The summed E-state index contributed by atoms with van der Waals surface area (Å²) in [6, 6.07) is 13.0. The van der Waals surface area contributed by atoms with Gasteiger partial charge in [0.25, 0.3) is 5.91 Å². The van der Waals surface area contributed by atoms with Crippen LogP contribution in [0.1, 0.15) is 30.1 Å². The van der Waals surface area contributed by atoms with Crippen molar-refractivity contribution in [2.75, 3.05) is 17.7 Å². The number of nitriles is 1. The van der Waals surface area contributed by atoms with Crippen LogP contribution in [-0.2, 0) is 9.84 Å². The molecule has 142 valence electrons. The molecule has 0 aliphatic carbocycles. The summed E-state index contributed by atoms with van der Waals surface area (Å²) in [7, 11) is -3.46. The molecule has 0 unspecified atom stereocenters. The average Bonchev–Trinajstić information content (AvgIpc) is 2.64. The number of rotatable bonds is 8. The normalized spacial score (nSPS) is 10.9. The maximum Gasteiger partial charge on any atom is 0.255 e. The van der Waals surface area contributed by atoms with Crippen LogP contribution in [0, 0.1) is 11.3 Å². The SMILES string of the molecule is CCOc1ccc(Br)cc1NC(=O)c1ccc(S(=O)(=O)CCCC#N)cc1. The number of nitrogens with zero attached hydrogens (tertiary/aromatic N) is 1. The van der Waals surface area contributed by atoms with Gasteiger partial charge in [0.2, 0.25) is 0 Å². The largest absolute Gasteiger partial charge is 0.492 e. The fraction of sp³-hybridized carbons (Fsp3) is 0.263. The van der Waals surface area contributed by atoms with E-state index in [0.29, 0.717) is 23.6 Å². The predicted molar refractivity (Wildman–Crippen MR) is 107 cm³/mol. The number of unbranched alkanes of at least 4 members (excludes halogenated alkanes) is 1. The van der Waals surface area contributed by atoms with Gasteiger partial charge in [-0.15, -0.1) is 0 Å². The van der Waals surface area contributed by atoms with Crippen LogP contribution in [0.2, 0.25) is 0 Å². The second kappa shape index (κ2) is 9.53. The molecule has 6 nitrogen and oxygen atoms in total. The van der Waals surface area contributed by atoms with Crippen LogP contribution in [0.25, 0.3) is 0 Å². The first-order valence-electron chi connectivity index (χ1n) is 8.31. The summed E-state index contributed by atoms with van der Waals surface area (Å²) in [6.45, 7) is 2.31. The monoisotopic (exact) mass is 450 g/mol. The molecule has 0 saturated heterocycles. The van der Waals surface area contributed by atoms with E-state index >= 15 is 0 Å². The molecule has 2 aromatic carbocycles. The van der Waals surface area contributed by atoms with Crippen molar-refractivity contribution in [1.82, 2.24) is 0 Å². The van der Waals surface area contributed by atoms with Crippen molar-refractivity contribution in [3.63, 3.8) is 0 Å². The second-order valence-electron chi connectivity index (χ2n) is 5.63. The van der Waals surface area contributed by atoms with Gasteiger partial charge in [-0.25, -0.2) is 8.42 Å². The molecule has 0 heterocycles. The standard InChI is InChI=1S/C19H19BrN2O4S/c1-2-26-18-10-7-15(20)13-17(18)22-19(23)14-5-8-16(9-6-14)27(24,25)12-4-3-11-21/h5-10,13H,2-4,12H2,1H3,(H,22,23). The number of carbonyl (C=O) groups excluding carboxylic acids is 1. The molecule has 0 radical (unpaired) electrons. The lowest BCUT2D eigenvalue weighted by atomic mass is 10.2. The fourth-order valence-electron chi connectivity index (χ4n) is 2.35. The number of anilines is 1. The molecule has 0 aliphatic rings. The van der Waals surface area contributed by atoms with Gasteiger partial charge < -0.3 is 10.1 Å². The van der Waals surface area contributed by atoms with Crippen LogP contribution in [0.3, 0.4) is 0 Å². The maximum absolute atomic E-state index is 12.5. The minimum Gasteiger partial charge on any atom is -0.492 e. The van der Waals surface area contributed by atoms with Crippen molar-refractivity contribution < 1.29 is 17.9 Å². The van der Waals surface area contributed by atoms with E-state index in [2.05, 4.69) is 21.2 Å². The zero-order valence-corrected chi connectivity index (χ0v) is 17.1. The number of ether oxygens (including phenoxy) is 1. The van der Waals surface area contributed by atoms with Crippen LogP contribution in [0.4, 0.5) is 5.69 Å². The van der Waals surface area contributed by atoms with Crippen LogP contribution < -0.4 is 10.1 Å². The van der Waals surface area contributed by atoms with E-state index in [1.807, 2.05) is 19.1 Å². The molecule has 0 atom stereocenters. The van der Waals surface area contributed by atoms with Crippen molar-refractivity contribution in [1.29, 1.82) is 5.26 Å². The highest BCUT2D eigenvalue weighted by Crippen LogP contribution is 2.29. The molecule has 1 amide bonds. The Hall–Kier alpha value is -2.37. The molecule has 0 saturated carbocycles. The van der Waals surface area contributed by atoms with Crippen molar-refractivity contribution in [3.8, 4) is 11.8 Å². The molecule has 27 heavy (non-hydrogen) atoms. The summed E-state index contributed by atoms with van der Waals surface area (Å²) in [5, 5.41) is 11.3. The number of benzene rings is 2. The van der Waals surface area contributed by atoms with Crippen LogP contribution in [0.5, 0.6) is 5.75 Å². The van der Waals surface area contributed by atoms with Gasteiger partial charge >= 0.3 is 0 Å². The molecule has 0 aromatic heterocycles. The van der Waals surface area contributed by atoms with E-state index in [4.69, 9.17) is 10.00 Å². The highest BCUT2D eigenvalue weighted by molar-refractivity contribution is 9.10. The summed E-state index contributed by atoms with van der Waals surface area (Å²) in [5.41, 5.74) is 0.845. The Morgan fingerprint density at radius 3 is 2.56 bits per heavy atom. The Morgan fingerprint density at radius 1 is 1.22 bits per heavy atom. The molecular weight excluding hydrogens is 432 g/mol. The Labute approximate surface area is 167 Å². The number of amides is 1. The molecule has 1 N–H and O–H groups in total. The topological polar surface area (TPSA) is 96.3 Å². The summed E-state index contributed by atoms with van der Waals surface area (Å²) >= 11 is 3.36. The first kappa shape index (κ1) is 20.9. The third-order valence-corrected chi connectivity index (χ3v) is 5.98. The molecule has 0 aliphatic heterocycles. The number of sulfone groups is 1. The van der Waals surface area contributed by atoms with Crippen molar-refractivity contribution in [2.24, 2.45) is 0 Å². The van der Waals surface area contributed by atoms with Crippen molar-refractivity contribution >= 4 is 37.4 Å². The third kappa shape index (κ3) is 5.81. The summed E-state index contributed by atoms with van der Waals surface area (Å²) < 4.78 is 30.7. The minimum atomic E-state index is -3.46. The summed E-state index contributed by atoms with van der Waals surface area (Å²) in [5.74, 6) is 0.0789. The summed E-state index contributed by atoms with van der Waals surface area (Å²) in [4.78, 5) is 12.6. The van der Waals surface area contributed by atoms with E-state index in [-0.39, 0.29) is 29.4 Å². The van der Waals surface area contributed by atoms with Gasteiger partial charge in [-0.3, -0.25) is 4.79 Å².